The number of aliphatic hydroxyl groups excluding tert-OH is 2. The van der Waals surface area contributed by atoms with Crippen LogP contribution in [0.2, 0.25) is 0 Å². The van der Waals surface area contributed by atoms with Crippen LogP contribution in [-0.4, -0.2) is 127 Å². The summed E-state index contributed by atoms with van der Waals surface area (Å²) < 4.78 is 41.1. The first kappa shape index (κ1) is 50.7. The number of para-hydroxylation sites is 1. The highest BCUT2D eigenvalue weighted by Gasteiger charge is 2.43. The SMILES string of the molecule is Cc1ncsc1-c1ccc([C@H](C)NC(=O)[C@@H]2C[C@@H](O)CN2C(=O)C(/C(O)=C/C(=N)N2CCC(CN3CCC(n4nc(NCC(F)(F)F)c(N)c4/C=C(\N)c4ccccc4O)CC3)CC2)C(C)C)cc1. The van der Waals surface area contributed by atoms with Crippen molar-refractivity contribution in [1.82, 2.24) is 34.8 Å². The van der Waals surface area contributed by atoms with Crippen LogP contribution in [0.25, 0.3) is 22.2 Å². The smallest absolute Gasteiger partial charge is 0.405 e. The number of amides is 2. The molecule has 7 rings (SSSR count). The van der Waals surface area contributed by atoms with E-state index in [0.29, 0.717) is 56.2 Å². The summed E-state index contributed by atoms with van der Waals surface area (Å²) in [6, 6.07) is 12.9. The van der Waals surface area contributed by atoms with Gasteiger partial charge >= 0.3 is 6.18 Å². The second-order valence-corrected chi connectivity index (χ2v) is 19.7. The van der Waals surface area contributed by atoms with E-state index in [1.54, 1.807) is 53.6 Å². The van der Waals surface area contributed by atoms with Crippen molar-refractivity contribution in [3.05, 3.63) is 88.4 Å². The molecule has 5 heterocycles. The van der Waals surface area contributed by atoms with Crippen LogP contribution in [0, 0.1) is 30.1 Å². The lowest BCUT2D eigenvalue weighted by Gasteiger charge is -2.38. The molecule has 1 unspecified atom stereocenters. The molecule has 4 aromatic rings. The number of phenolic OH excluding ortho intramolecular Hbond substituents is 1. The largest absolute Gasteiger partial charge is 0.511 e. The summed E-state index contributed by atoms with van der Waals surface area (Å²) in [5, 5.41) is 51.3. The molecule has 3 aliphatic heterocycles. The minimum absolute atomic E-state index is 0.0264. The first-order valence-electron chi connectivity index (χ1n) is 23.5. The lowest BCUT2D eigenvalue weighted by Crippen LogP contribution is -2.49. The quantitative estimate of drug-likeness (QED) is 0.0345. The van der Waals surface area contributed by atoms with E-state index in [1.165, 1.54) is 23.1 Å². The van der Waals surface area contributed by atoms with E-state index in [4.69, 9.17) is 16.9 Å². The van der Waals surface area contributed by atoms with E-state index in [1.807, 2.05) is 43.0 Å². The molecule has 3 saturated heterocycles. The van der Waals surface area contributed by atoms with E-state index in [0.717, 1.165) is 41.1 Å². The van der Waals surface area contributed by atoms with E-state index in [2.05, 4.69) is 25.6 Å². The summed E-state index contributed by atoms with van der Waals surface area (Å²) in [6.07, 6.45) is 0.444. The average molecular weight is 976 g/mol. The van der Waals surface area contributed by atoms with Gasteiger partial charge in [0.05, 0.1) is 45.9 Å². The number of aliphatic hydroxyl groups is 2. The van der Waals surface area contributed by atoms with Gasteiger partial charge in [0.1, 0.15) is 35.6 Å². The summed E-state index contributed by atoms with van der Waals surface area (Å²) in [4.78, 5) is 38.9. The predicted octanol–water partition coefficient (Wildman–Crippen LogP) is 6.91. The van der Waals surface area contributed by atoms with Crippen molar-refractivity contribution in [2.75, 3.05) is 56.9 Å². The number of likely N-dealkylation sites (tertiary alicyclic amines) is 3. The maximum absolute atomic E-state index is 14.2. The van der Waals surface area contributed by atoms with Gasteiger partial charge in [-0.3, -0.25) is 19.7 Å². The van der Waals surface area contributed by atoms with Gasteiger partial charge in [-0.15, -0.1) is 11.3 Å². The number of amidine groups is 1. The number of benzene rings is 2. The number of piperidine rings is 2. The average Bonchev–Trinajstić information content (AvgIpc) is 4.01. The molecule has 0 bridgehead atoms. The van der Waals surface area contributed by atoms with Gasteiger partial charge in [0.2, 0.25) is 11.8 Å². The Morgan fingerprint density at radius 2 is 1.71 bits per heavy atom. The lowest BCUT2D eigenvalue weighted by molar-refractivity contribution is -0.142. The fourth-order valence-electron chi connectivity index (χ4n) is 9.66. The van der Waals surface area contributed by atoms with Crippen molar-refractivity contribution in [3.63, 3.8) is 0 Å². The van der Waals surface area contributed by atoms with Crippen LogP contribution in [-0.2, 0) is 9.59 Å². The molecular formula is C49H64F3N11O5S. The molecule has 0 radical (unpaired) electrons. The number of halogens is 3. The van der Waals surface area contributed by atoms with Crippen molar-refractivity contribution >= 4 is 52.3 Å². The van der Waals surface area contributed by atoms with Crippen molar-refractivity contribution in [3.8, 4) is 16.2 Å². The topological polar surface area (TPSA) is 235 Å². The highest BCUT2D eigenvalue weighted by molar-refractivity contribution is 7.13. The molecule has 372 valence electrons. The number of carbonyl (C=O) groups is 2. The van der Waals surface area contributed by atoms with E-state index in [9.17, 15) is 38.1 Å². The molecule has 2 aromatic heterocycles. The number of nitrogens with one attached hydrogen (secondary N) is 3. The number of hydrogen-bond acceptors (Lipinski definition) is 13. The molecule has 10 N–H and O–H groups in total. The lowest BCUT2D eigenvalue weighted by atomic mass is 9.91. The van der Waals surface area contributed by atoms with Crippen molar-refractivity contribution in [2.45, 2.75) is 90.2 Å². The maximum atomic E-state index is 14.2. The third-order valence-electron chi connectivity index (χ3n) is 13.5. The van der Waals surface area contributed by atoms with Gasteiger partial charge in [-0.2, -0.15) is 18.3 Å². The minimum Gasteiger partial charge on any atom is -0.511 e. The van der Waals surface area contributed by atoms with Crippen molar-refractivity contribution in [1.29, 1.82) is 5.41 Å². The van der Waals surface area contributed by atoms with Crippen molar-refractivity contribution < 1.29 is 38.1 Å². The summed E-state index contributed by atoms with van der Waals surface area (Å²) >= 11 is 1.56. The summed E-state index contributed by atoms with van der Waals surface area (Å²) in [5.41, 5.74) is 18.3. The summed E-state index contributed by atoms with van der Waals surface area (Å²) in [6.45, 7) is 9.45. The third kappa shape index (κ3) is 12.2. The summed E-state index contributed by atoms with van der Waals surface area (Å²) in [7, 11) is 0. The number of alkyl halides is 3. The van der Waals surface area contributed by atoms with Crippen LogP contribution in [0.3, 0.4) is 0 Å². The monoisotopic (exact) mass is 975 g/mol. The van der Waals surface area contributed by atoms with Crippen LogP contribution in [0.15, 0.2) is 65.9 Å². The molecule has 0 saturated carbocycles. The first-order chi connectivity index (χ1) is 32.8. The maximum Gasteiger partial charge on any atom is 0.405 e. The third-order valence-corrected chi connectivity index (χ3v) is 14.5. The van der Waals surface area contributed by atoms with Crippen LogP contribution < -0.4 is 22.1 Å². The molecule has 16 nitrogen and oxygen atoms in total. The Hall–Kier alpha value is -6.12. The van der Waals surface area contributed by atoms with E-state index >= 15 is 0 Å². The number of aromatic hydroxyl groups is 1. The second kappa shape index (κ2) is 21.7. The molecule has 2 aromatic carbocycles. The molecular weight excluding hydrogens is 912 g/mol. The van der Waals surface area contributed by atoms with Crippen LogP contribution in [0.5, 0.6) is 5.75 Å². The van der Waals surface area contributed by atoms with Gasteiger partial charge in [0, 0.05) is 63.0 Å². The number of nitrogens with zero attached hydrogens (tertiary/aromatic N) is 6. The van der Waals surface area contributed by atoms with Crippen molar-refractivity contribution in [2.24, 2.45) is 23.5 Å². The Labute approximate surface area is 404 Å². The Morgan fingerprint density at radius 1 is 1.03 bits per heavy atom. The fourth-order valence-corrected chi connectivity index (χ4v) is 10.5. The number of nitrogen functional groups attached to an aromatic ring is 1. The molecule has 20 heteroatoms. The number of β-amino-alcohol motifs (C(OH)–C–C–N with tert-alkyl or cyclic N) is 1. The Morgan fingerprint density at radius 3 is 2.33 bits per heavy atom. The van der Waals surface area contributed by atoms with Gasteiger partial charge in [-0.05, 0) is 80.7 Å². The molecule has 69 heavy (non-hydrogen) atoms. The number of carbonyl (C=O) groups excluding carboxylic acids is 2. The van der Waals surface area contributed by atoms with E-state index < -0.39 is 42.6 Å². The van der Waals surface area contributed by atoms with Gasteiger partial charge in [0.15, 0.2) is 5.82 Å². The molecule has 2 amide bonds. The number of anilines is 2. The molecule has 3 fully saturated rings. The van der Waals surface area contributed by atoms with Gasteiger partial charge in [-0.25, -0.2) is 4.98 Å². The van der Waals surface area contributed by atoms with Gasteiger partial charge in [-0.1, -0.05) is 50.2 Å². The molecule has 4 atom stereocenters. The number of hydrogen-bond donors (Lipinski definition) is 8. The Kier molecular flexibility index (Phi) is 15.9. The second-order valence-electron chi connectivity index (χ2n) is 18.8. The zero-order valence-electron chi connectivity index (χ0n) is 39.4. The number of aromatic nitrogens is 3. The predicted molar refractivity (Wildman–Crippen MR) is 262 cm³/mol. The zero-order valence-corrected chi connectivity index (χ0v) is 40.2. The first-order valence-corrected chi connectivity index (χ1v) is 24.4. The normalized spacial score (nSPS) is 20.1. The van der Waals surface area contributed by atoms with Crippen LogP contribution >= 0.6 is 11.3 Å². The van der Waals surface area contributed by atoms with E-state index in [-0.39, 0.29) is 65.5 Å². The number of thiazole rings is 1. The summed E-state index contributed by atoms with van der Waals surface area (Å²) in [5.74, 6) is -2.27. The van der Waals surface area contributed by atoms with Gasteiger partial charge in [0.25, 0.3) is 0 Å². The highest BCUT2D eigenvalue weighted by Crippen LogP contribution is 2.35. The molecule has 3 aliphatic rings. The standard InChI is InChI=1S/C49H64F3N11O5S/c1-28(2)43(48(68)62-25-35(64)21-39(62)47(67)58-29(3)32-9-11-33(12-10-32)45-30(4)57-27-69-45)41(66)23-42(54)61-19-13-31(14-20-61)24-60-17-15-34(16-18-60)63-38(22-37(53)36-7-5-6-8-40(36)65)44(55)46(59-63)56-26-49(50,51)52/h5-12,22-23,27-29,31,34-35,39,43,54,64-66H,13-21,24-26,53,55H2,1-4H3,(H,56,59)(H,58,67)/b37-22-,41-23-,54-42?/t29-,35+,39-,43?/m0/s1. The fraction of sp³-hybridized carbons (Fsp3) is 0.490. The van der Waals surface area contributed by atoms with Gasteiger partial charge < -0.3 is 52.1 Å². The minimum atomic E-state index is -4.48. The number of phenols is 1. The number of aryl methyl sites for hydroxylation is 1. The highest BCUT2D eigenvalue weighted by atomic mass is 32.1. The molecule has 0 aliphatic carbocycles. The number of nitrogens with two attached hydrogens (primary N) is 2. The number of rotatable bonds is 15. The molecule has 0 spiro atoms. The zero-order chi connectivity index (χ0) is 49.7. The Balaban J connectivity index is 0.921. The van der Waals surface area contributed by atoms with Crippen LogP contribution in [0.4, 0.5) is 24.7 Å². The van der Waals surface area contributed by atoms with Crippen LogP contribution in [0.1, 0.15) is 87.5 Å². The Bertz CT molecular complexity index is 2510.